The first kappa shape index (κ1) is 19.9. The Morgan fingerprint density at radius 3 is 2.39 bits per heavy atom. The van der Waals surface area contributed by atoms with Gasteiger partial charge in [-0.25, -0.2) is 4.79 Å². The Bertz CT molecular complexity index is 979. The molecule has 0 aromatic heterocycles. The molecular formula is C21H16BrClN2O3. The largest absolute Gasteiger partial charge is 0.412 e. The van der Waals surface area contributed by atoms with Crippen LogP contribution in [-0.4, -0.2) is 12.0 Å². The molecule has 7 heteroatoms. The number of hydrogen-bond acceptors (Lipinski definition) is 3. The van der Waals surface area contributed by atoms with Gasteiger partial charge < -0.3 is 15.4 Å². The third kappa shape index (κ3) is 5.58. The molecule has 3 aromatic carbocycles. The predicted molar refractivity (Wildman–Crippen MR) is 113 cm³/mol. The van der Waals surface area contributed by atoms with E-state index in [-0.39, 0.29) is 11.3 Å². The Labute approximate surface area is 175 Å². The van der Waals surface area contributed by atoms with E-state index >= 15 is 0 Å². The smallest absolute Gasteiger partial charge is 0.409 e. The molecule has 0 unspecified atom stereocenters. The molecule has 3 aromatic rings. The minimum absolute atomic E-state index is 0.115. The zero-order valence-corrected chi connectivity index (χ0v) is 17.0. The Morgan fingerprint density at radius 1 is 0.964 bits per heavy atom. The monoisotopic (exact) mass is 458 g/mol. The predicted octanol–water partition coefficient (Wildman–Crippen LogP) is 5.64. The highest BCUT2D eigenvalue weighted by atomic mass is 79.9. The average Bonchev–Trinajstić information content (AvgIpc) is 2.70. The lowest BCUT2D eigenvalue weighted by atomic mass is 10.2. The van der Waals surface area contributed by atoms with Crippen molar-refractivity contribution in [2.24, 2.45) is 0 Å². The molecule has 0 saturated heterocycles. The summed E-state index contributed by atoms with van der Waals surface area (Å²) in [5.41, 5.74) is 1.70. The third-order valence-electron chi connectivity index (χ3n) is 3.77. The highest BCUT2D eigenvalue weighted by Gasteiger charge is 2.16. The fourth-order valence-electron chi connectivity index (χ4n) is 2.41. The molecule has 0 atom stereocenters. The molecule has 3 rings (SSSR count). The van der Waals surface area contributed by atoms with Crippen molar-refractivity contribution < 1.29 is 14.3 Å². The van der Waals surface area contributed by atoms with Gasteiger partial charge in [0.25, 0.3) is 5.91 Å². The summed E-state index contributed by atoms with van der Waals surface area (Å²) in [7, 11) is 0. The molecular weight excluding hydrogens is 444 g/mol. The minimum Gasteiger partial charge on any atom is -0.409 e. The van der Waals surface area contributed by atoms with Gasteiger partial charge in [0.05, 0.1) is 5.56 Å². The van der Waals surface area contributed by atoms with Gasteiger partial charge in [-0.1, -0.05) is 57.9 Å². The van der Waals surface area contributed by atoms with Crippen molar-refractivity contribution in [3.63, 3.8) is 0 Å². The quantitative estimate of drug-likeness (QED) is 0.518. The third-order valence-corrected chi connectivity index (χ3v) is 4.53. The molecule has 0 heterocycles. The summed E-state index contributed by atoms with van der Waals surface area (Å²) >= 11 is 9.36. The van der Waals surface area contributed by atoms with Crippen LogP contribution in [0.5, 0.6) is 5.75 Å². The standard InChI is InChI=1S/C21H16BrClN2O3/c22-15-6-9-17(10-7-15)25-20(26)18-12-16(23)8-11-19(18)28-21(27)24-13-14-4-2-1-3-5-14/h1-12H,13H2,(H,24,27)(H,25,26). The fourth-order valence-corrected chi connectivity index (χ4v) is 2.84. The molecule has 0 aliphatic carbocycles. The van der Waals surface area contributed by atoms with E-state index in [2.05, 4.69) is 26.6 Å². The van der Waals surface area contributed by atoms with E-state index < -0.39 is 12.0 Å². The second-order valence-electron chi connectivity index (χ2n) is 5.83. The van der Waals surface area contributed by atoms with E-state index in [1.54, 1.807) is 18.2 Å². The number of carbonyl (C=O) groups is 2. The van der Waals surface area contributed by atoms with Gasteiger partial charge in [0.2, 0.25) is 0 Å². The van der Waals surface area contributed by atoms with Crippen molar-refractivity contribution in [3.05, 3.63) is 93.4 Å². The number of anilines is 1. The van der Waals surface area contributed by atoms with E-state index in [0.29, 0.717) is 17.3 Å². The summed E-state index contributed by atoms with van der Waals surface area (Å²) in [5.74, 6) is -0.319. The van der Waals surface area contributed by atoms with Crippen molar-refractivity contribution in [2.75, 3.05) is 5.32 Å². The topological polar surface area (TPSA) is 67.4 Å². The maximum Gasteiger partial charge on any atom is 0.412 e. The van der Waals surface area contributed by atoms with Crippen LogP contribution in [0.2, 0.25) is 5.02 Å². The van der Waals surface area contributed by atoms with E-state index in [1.807, 2.05) is 42.5 Å². The summed E-state index contributed by atoms with van der Waals surface area (Å²) in [4.78, 5) is 24.8. The number of ether oxygens (including phenoxy) is 1. The first-order chi connectivity index (χ1) is 13.5. The number of benzene rings is 3. The molecule has 142 valence electrons. The second kappa shape index (κ2) is 9.39. The highest BCUT2D eigenvalue weighted by Crippen LogP contribution is 2.25. The van der Waals surface area contributed by atoms with Crippen LogP contribution in [0.3, 0.4) is 0 Å². The van der Waals surface area contributed by atoms with Crippen LogP contribution in [0, 0.1) is 0 Å². The van der Waals surface area contributed by atoms with E-state index in [0.717, 1.165) is 10.0 Å². The number of halogens is 2. The highest BCUT2D eigenvalue weighted by molar-refractivity contribution is 9.10. The maximum atomic E-state index is 12.6. The van der Waals surface area contributed by atoms with Gasteiger partial charge in [-0.15, -0.1) is 0 Å². The number of hydrogen-bond donors (Lipinski definition) is 2. The molecule has 0 fully saturated rings. The van der Waals surface area contributed by atoms with Crippen molar-refractivity contribution in [2.45, 2.75) is 6.54 Å². The van der Waals surface area contributed by atoms with Crippen LogP contribution < -0.4 is 15.4 Å². The summed E-state index contributed by atoms with van der Waals surface area (Å²) in [6, 6.07) is 21.0. The lowest BCUT2D eigenvalue weighted by molar-refractivity contribution is 0.102. The first-order valence-electron chi connectivity index (χ1n) is 8.37. The van der Waals surface area contributed by atoms with Crippen LogP contribution in [0.4, 0.5) is 10.5 Å². The molecule has 2 amide bonds. The van der Waals surface area contributed by atoms with Crippen molar-refractivity contribution >= 4 is 45.2 Å². The Morgan fingerprint density at radius 2 is 1.68 bits per heavy atom. The van der Waals surface area contributed by atoms with Crippen molar-refractivity contribution in [3.8, 4) is 5.75 Å². The molecule has 5 nitrogen and oxygen atoms in total. The van der Waals surface area contributed by atoms with Crippen LogP contribution >= 0.6 is 27.5 Å². The summed E-state index contributed by atoms with van der Waals surface area (Å²) in [5, 5.41) is 5.77. The summed E-state index contributed by atoms with van der Waals surface area (Å²) in [6.07, 6.45) is -0.663. The fraction of sp³-hybridized carbons (Fsp3) is 0.0476. The van der Waals surface area contributed by atoms with Gasteiger partial charge in [0, 0.05) is 21.7 Å². The van der Waals surface area contributed by atoms with E-state index in [4.69, 9.17) is 16.3 Å². The SMILES string of the molecule is O=C(NCc1ccccc1)Oc1ccc(Cl)cc1C(=O)Nc1ccc(Br)cc1. The van der Waals surface area contributed by atoms with E-state index in [1.165, 1.54) is 12.1 Å². The van der Waals surface area contributed by atoms with Crippen LogP contribution in [-0.2, 0) is 6.54 Å². The van der Waals surface area contributed by atoms with Crippen LogP contribution in [0.15, 0.2) is 77.3 Å². The molecule has 0 spiro atoms. The molecule has 0 radical (unpaired) electrons. The average molecular weight is 460 g/mol. The second-order valence-corrected chi connectivity index (χ2v) is 7.18. The van der Waals surface area contributed by atoms with Crippen molar-refractivity contribution in [1.29, 1.82) is 0 Å². The molecule has 0 saturated carbocycles. The summed E-state index contributed by atoms with van der Waals surface area (Å²) < 4.78 is 6.22. The van der Waals surface area contributed by atoms with Gasteiger partial charge in [-0.05, 0) is 48.0 Å². The molecule has 0 bridgehead atoms. The van der Waals surface area contributed by atoms with Gasteiger partial charge in [-0.2, -0.15) is 0 Å². The zero-order valence-electron chi connectivity index (χ0n) is 14.6. The zero-order chi connectivity index (χ0) is 19.9. The number of rotatable bonds is 5. The lowest BCUT2D eigenvalue weighted by Crippen LogP contribution is -2.27. The Hall–Kier alpha value is -2.83. The van der Waals surface area contributed by atoms with Gasteiger partial charge in [0.1, 0.15) is 5.75 Å². The van der Waals surface area contributed by atoms with E-state index in [9.17, 15) is 9.59 Å². The summed E-state index contributed by atoms with van der Waals surface area (Å²) in [6.45, 7) is 0.313. The lowest BCUT2D eigenvalue weighted by Gasteiger charge is -2.12. The van der Waals surface area contributed by atoms with Gasteiger partial charge in [0.15, 0.2) is 0 Å². The van der Waals surface area contributed by atoms with Crippen LogP contribution in [0.1, 0.15) is 15.9 Å². The Kier molecular flexibility index (Phi) is 6.68. The number of nitrogens with one attached hydrogen (secondary N) is 2. The minimum atomic E-state index is -0.663. The first-order valence-corrected chi connectivity index (χ1v) is 9.54. The van der Waals surface area contributed by atoms with Crippen LogP contribution in [0.25, 0.3) is 0 Å². The molecule has 0 aliphatic rings. The molecule has 2 N–H and O–H groups in total. The van der Waals surface area contributed by atoms with Crippen molar-refractivity contribution in [1.82, 2.24) is 5.32 Å². The Balaban J connectivity index is 1.70. The molecule has 0 aliphatic heterocycles. The van der Waals surface area contributed by atoms with Gasteiger partial charge in [-0.3, -0.25) is 4.79 Å². The number of carbonyl (C=O) groups excluding carboxylic acids is 2. The van der Waals surface area contributed by atoms with Gasteiger partial charge >= 0.3 is 6.09 Å². The maximum absolute atomic E-state index is 12.6. The normalized spacial score (nSPS) is 10.2. The number of amides is 2. The molecule has 28 heavy (non-hydrogen) atoms.